The molecule has 2 fully saturated rings. The SMILES string of the molecule is CN(Cc1ccc(Br)s1)CN1C(=O)CC2(CCCC2)C1=O. The summed E-state index contributed by atoms with van der Waals surface area (Å²) in [5, 5.41) is 0. The second-order valence-electron chi connectivity index (χ2n) is 6.15. The number of rotatable bonds is 4. The summed E-state index contributed by atoms with van der Waals surface area (Å²) in [4.78, 5) is 29.5. The fourth-order valence-corrected chi connectivity index (χ4v) is 5.00. The lowest BCUT2D eigenvalue weighted by Crippen LogP contribution is -2.41. The third-order valence-corrected chi connectivity index (χ3v) is 6.10. The first-order valence-corrected chi connectivity index (χ1v) is 8.89. The van der Waals surface area contributed by atoms with Gasteiger partial charge in [0.1, 0.15) is 0 Å². The molecule has 1 aliphatic carbocycles. The zero-order chi connectivity index (χ0) is 15.0. The maximum absolute atomic E-state index is 12.6. The maximum atomic E-state index is 12.6. The minimum absolute atomic E-state index is 0.00103. The molecule has 21 heavy (non-hydrogen) atoms. The van der Waals surface area contributed by atoms with Gasteiger partial charge < -0.3 is 0 Å². The van der Waals surface area contributed by atoms with Crippen molar-refractivity contribution in [2.24, 2.45) is 5.41 Å². The normalized spacial score (nSPS) is 21.2. The Hall–Kier alpha value is -0.720. The lowest BCUT2D eigenvalue weighted by atomic mass is 9.85. The summed E-state index contributed by atoms with van der Waals surface area (Å²) in [6.07, 6.45) is 4.34. The third kappa shape index (κ3) is 2.94. The summed E-state index contributed by atoms with van der Waals surface area (Å²) >= 11 is 5.13. The molecule has 2 amide bonds. The van der Waals surface area contributed by atoms with Crippen LogP contribution in [0.5, 0.6) is 0 Å². The Morgan fingerprint density at radius 1 is 1.33 bits per heavy atom. The molecule has 114 valence electrons. The molecule has 0 N–H and O–H groups in total. The Labute approximate surface area is 137 Å². The summed E-state index contributed by atoms with van der Waals surface area (Å²) in [5.41, 5.74) is -0.357. The molecule has 6 heteroatoms. The van der Waals surface area contributed by atoms with Gasteiger partial charge in [0.15, 0.2) is 0 Å². The summed E-state index contributed by atoms with van der Waals surface area (Å²) in [6, 6.07) is 4.09. The number of nitrogens with zero attached hydrogens (tertiary/aromatic N) is 2. The molecule has 4 nitrogen and oxygen atoms in total. The quantitative estimate of drug-likeness (QED) is 0.764. The van der Waals surface area contributed by atoms with Gasteiger partial charge in [-0.05, 0) is 48.0 Å². The van der Waals surface area contributed by atoms with Gasteiger partial charge in [-0.25, -0.2) is 0 Å². The molecular formula is C15H19BrN2O2S. The van der Waals surface area contributed by atoms with Gasteiger partial charge in [-0.2, -0.15) is 0 Å². The van der Waals surface area contributed by atoms with E-state index in [0.717, 1.165) is 36.0 Å². The van der Waals surface area contributed by atoms with Crippen molar-refractivity contribution < 1.29 is 9.59 Å². The number of imide groups is 1. The van der Waals surface area contributed by atoms with Crippen LogP contribution < -0.4 is 0 Å². The Kier molecular flexibility index (Phi) is 4.21. The number of carbonyl (C=O) groups is 2. The molecule has 1 aliphatic heterocycles. The van der Waals surface area contributed by atoms with E-state index in [4.69, 9.17) is 0 Å². The van der Waals surface area contributed by atoms with E-state index in [1.807, 2.05) is 18.0 Å². The van der Waals surface area contributed by atoms with E-state index in [1.165, 1.54) is 9.78 Å². The van der Waals surface area contributed by atoms with E-state index < -0.39 is 0 Å². The highest BCUT2D eigenvalue weighted by atomic mass is 79.9. The van der Waals surface area contributed by atoms with E-state index in [-0.39, 0.29) is 17.2 Å². The number of likely N-dealkylation sites (tertiary alicyclic amines) is 1. The van der Waals surface area contributed by atoms with Crippen molar-refractivity contribution in [2.75, 3.05) is 13.7 Å². The number of carbonyl (C=O) groups excluding carboxylic acids is 2. The van der Waals surface area contributed by atoms with Gasteiger partial charge in [-0.1, -0.05) is 12.8 Å². The zero-order valence-electron chi connectivity index (χ0n) is 12.1. The molecule has 2 aliphatic rings. The predicted molar refractivity (Wildman–Crippen MR) is 85.7 cm³/mol. The second-order valence-corrected chi connectivity index (χ2v) is 8.70. The number of hydrogen-bond donors (Lipinski definition) is 0. The van der Waals surface area contributed by atoms with Crippen molar-refractivity contribution in [1.82, 2.24) is 9.80 Å². The molecule has 0 aromatic carbocycles. The average Bonchev–Trinajstić information content (AvgIpc) is 3.09. The fourth-order valence-electron chi connectivity index (χ4n) is 3.44. The fraction of sp³-hybridized carbons (Fsp3) is 0.600. The van der Waals surface area contributed by atoms with Gasteiger partial charge in [0.25, 0.3) is 0 Å². The van der Waals surface area contributed by atoms with E-state index >= 15 is 0 Å². The molecular weight excluding hydrogens is 352 g/mol. The van der Waals surface area contributed by atoms with Gasteiger partial charge in [0.05, 0.1) is 15.9 Å². The molecule has 1 saturated heterocycles. The Balaban J connectivity index is 1.64. The summed E-state index contributed by atoms with van der Waals surface area (Å²) in [5.74, 6) is 0.0605. The molecule has 2 heterocycles. The van der Waals surface area contributed by atoms with Gasteiger partial charge in [-0.15, -0.1) is 11.3 Å². The van der Waals surface area contributed by atoms with Gasteiger partial charge in [0, 0.05) is 17.8 Å². The van der Waals surface area contributed by atoms with Gasteiger partial charge in [-0.3, -0.25) is 19.4 Å². The number of amides is 2. The number of thiophene rings is 1. The van der Waals surface area contributed by atoms with Crippen molar-refractivity contribution in [3.63, 3.8) is 0 Å². The van der Waals surface area contributed by atoms with E-state index in [0.29, 0.717) is 13.1 Å². The summed E-state index contributed by atoms with van der Waals surface area (Å²) in [7, 11) is 1.95. The first-order chi connectivity index (χ1) is 10.00. The lowest BCUT2D eigenvalue weighted by Gasteiger charge is -2.25. The standard InChI is InChI=1S/C15H19BrN2O2S/c1-17(9-11-4-5-12(16)21-11)10-18-13(19)8-15(14(18)20)6-2-3-7-15/h4-5H,2-3,6-10H2,1H3. The van der Waals surface area contributed by atoms with Crippen LogP contribution in [-0.2, 0) is 16.1 Å². The molecule has 1 spiro atoms. The van der Waals surface area contributed by atoms with E-state index in [9.17, 15) is 9.59 Å². The van der Waals surface area contributed by atoms with E-state index in [2.05, 4.69) is 22.0 Å². The van der Waals surface area contributed by atoms with Gasteiger partial charge in [0.2, 0.25) is 11.8 Å². The molecule has 1 aromatic rings. The highest BCUT2D eigenvalue weighted by Gasteiger charge is 2.52. The second kappa shape index (κ2) is 5.82. The van der Waals surface area contributed by atoms with Crippen LogP contribution in [0.3, 0.4) is 0 Å². The van der Waals surface area contributed by atoms with Crippen LogP contribution >= 0.6 is 27.3 Å². The Bertz CT molecular complexity index is 566. The Morgan fingerprint density at radius 2 is 2.05 bits per heavy atom. The van der Waals surface area contributed by atoms with Crippen LogP contribution in [0.4, 0.5) is 0 Å². The minimum atomic E-state index is -0.357. The summed E-state index contributed by atoms with van der Waals surface area (Å²) in [6.45, 7) is 1.15. The van der Waals surface area contributed by atoms with Crippen molar-refractivity contribution in [3.05, 3.63) is 20.8 Å². The van der Waals surface area contributed by atoms with Crippen molar-refractivity contribution in [1.29, 1.82) is 0 Å². The first kappa shape index (κ1) is 15.2. The lowest BCUT2D eigenvalue weighted by molar-refractivity contribution is -0.143. The van der Waals surface area contributed by atoms with Crippen LogP contribution in [0.15, 0.2) is 15.9 Å². The zero-order valence-corrected chi connectivity index (χ0v) is 14.5. The maximum Gasteiger partial charge on any atom is 0.237 e. The molecule has 0 radical (unpaired) electrons. The molecule has 0 unspecified atom stereocenters. The molecule has 3 rings (SSSR count). The number of halogens is 1. The largest absolute Gasteiger partial charge is 0.284 e. The molecule has 0 atom stereocenters. The highest BCUT2D eigenvalue weighted by Crippen LogP contribution is 2.46. The predicted octanol–water partition coefficient (Wildman–Crippen LogP) is 3.22. The van der Waals surface area contributed by atoms with E-state index in [1.54, 1.807) is 11.3 Å². The molecule has 1 aromatic heterocycles. The van der Waals surface area contributed by atoms with Crippen molar-refractivity contribution in [2.45, 2.75) is 38.6 Å². The first-order valence-electron chi connectivity index (χ1n) is 7.28. The summed E-state index contributed by atoms with van der Waals surface area (Å²) < 4.78 is 1.10. The molecule has 1 saturated carbocycles. The van der Waals surface area contributed by atoms with Crippen molar-refractivity contribution in [3.8, 4) is 0 Å². The van der Waals surface area contributed by atoms with Crippen LogP contribution in [0.25, 0.3) is 0 Å². The van der Waals surface area contributed by atoms with Crippen LogP contribution in [0.2, 0.25) is 0 Å². The van der Waals surface area contributed by atoms with Gasteiger partial charge >= 0.3 is 0 Å². The monoisotopic (exact) mass is 370 g/mol. The minimum Gasteiger partial charge on any atom is -0.284 e. The molecule has 0 bridgehead atoms. The third-order valence-electron chi connectivity index (χ3n) is 4.49. The average molecular weight is 371 g/mol. The van der Waals surface area contributed by atoms with Crippen LogP contribution in [-0.4, -0.2) is 35.3 Å². The highest BCUT2D eigenvalue weighted by molar-refractivity contribution is 9.11. The van der Waals surface area contributed by atoms with Crippen LogP contribution in [0.1, 0.15) is 37.0 Å². The smallest absolute Gasteiger partial charge is 0.237 e. The van der Waals surface area contributed by atoms with Crippen LogP contribution in [0, 0.1) is 5.41 Å². The number of hydrogen-bond acceptors (Lipinski definition) is 4. The Morgan fingerprint density at radius 3 is 2.67 bits per heavy atom. The topological polar surface area (TPSA) is 40.6 Å². The van der Waals surface area contributed by atoms with Crippen molar-refractivity contribution >= 4 is 39.1 Å².